The van der Waals surface area contributed by atoms with Gasteiger partial charge in [0.15, 0.2) is 0 Å². The molecule has 294 valence electrons. The zero-order chi connectivity index (χ0) is 38.7. The van der Waals surface area contributed by atoms with E-state index in [1.807, 2.05) is 12.1 Å². The van der Waals surface area contributed by atoms with Crippen LogP contribution in [0.2, 0.25) is 0 Å². The zero-order valence-electron chi connectivity index (χ0n) is 31.8. The standard InChI is InChI=1S/C21H28N4O3.C21H28N4O2/c26-19-9-10-24-21-18(19)8-7-17(25-21)6-4-2-1-3-5-15(11-20(27)28)16-12-22-14-23-13-16;26-20(27)12-17(18-13-22-15-23-14-18)6-3-1-2-4-8-19-10-9-16-7-5-11-24-21(16)25-19/h7-8,12-15,19,26H,1-6,9-11H2,(H,24,25)(H,27,28);9-10,13-15,17H,1-8,11-12H2,(H,24,25)(H,26,27)/t15-,19?;17-/m00/s1. The molecule has 6 rings (SSSR count). The fraction of sp³-hybridized carbons (Fsp3) is 0.524. The van der Waals surface area contributed by atoms with Gasteiger partial charge in [0.1, 0.15) is 24.3 Å². The molecule has 55 heavy (non-hydrogen) atoms. The van der Waals surface area contributed by atoms with Crippen LogP contribution in [-0.4, -0.2) is 70.3 Å². The van der Waals surface area contributed by atoms with Gasteiger partial charge in [0, 0.05) is 54.8 Å². The van der Waals surface area contributed by atoms with Crippen molar-refractivity contribution in [3.63, 3.8) is 0 Å². The Balaban J connectivity index is 0.000000211. The van der Waals surface area contributed by atoms with Crippen LogP contribution in [0.3, 0.4) is 0 Å². The van der Waals surface area contributed by atoms with Crippen molar-refractivity contribution in [2.45, 2.75) is 127 Å². The molecule has 0 aliphatic carbocycles. The Morgan fingerprint density at radius 3 is 1.73 bits per heavy atom. The summed E-state index contributed by atoms with van der Waals surface area (Å²) in [6.45, 7) is 1.78. The van der Waals surface area contributed by atoms with Gasteiger partial charge in [0.05, 0.1) is 18.9 Å². The fourth-order valence-electron chi connectivity index (χ4n) is 7.39. The monoisotopic (exact) mass is 752 g/mol. The number of anilines is 2. The summed E-state index contributed by atoms with van der Waals surface area (Å²) in [6.07, 6.45) is 24.9. The number of hydrogen-bond acceptors (Lipinski definition) is 11. The van der Waals surface area contributed by atoms with Gasteiger partial charge in [0.25, 0.3) is 0 Å². The van der Waals surface area contributed by atoms with Gasteiger partial charge in [-0.15, -0.1) is 0 Å². The number of aliphatic carboxylic acids is 2. The number of pyridine rings is 2. The number of hydrogen-bond donors (Lipinski definition) is 5. The number of rotatable bonds is 20. The Morgan fingerprint density at radius 2 is 1.16 bits per heavy atom. The minimum absolute atomic E-state index is 0.00270. The van der Waals surface area contributed by atoms with Gasteiger partial charge in [-0.1, -0.05) is 50.7 Å². The second kappa shape index (κ2) is 22.4. The van der Waals surface area contributed by atoms with E-state index in [1.54, 1.807) is 24.8 Å². The molecule has 5 N–H and O–H groups in total. The zero-order valence-corrected chi connectivity index (χ0v) is 31.8. The minimum Gasteiger partial charge on any atom is -0.481 e. The topological polar surface area (TPSA) is 196 Å². The van der Waals surface area contributed by atoms with Crippen molar-refractivity contribution in [1.82, 2.24) is 29.9 Å². The first-order chi connectivity index (χ1) is 26.9. The highest BCUT2D eigenvalue weighted by molar-refractivity contribution is 5.68. The fourth-order valence-corrected chi connectivity index (χ4v) is 7.39. The van der Waals surface area contributed by atoms with Crippen molar-refractivity contribution in [2.75, 3.05) is 23.7 Å². The maximum atomic E-state index is 11.1. The average Bonchev–Trinajstić information content (AvgIpc) is 3.20. The molecule has 0 bridgehead atoms. The lowest BCUT2D eigenvalue weighted by Gasteiger charge is -2.22. The van der Waals surface area contributed by atoms with E-state index in [0.29, 0.717) is 0 Å². The highest BCUT2D eigenvalue weighted by Crippen LogP contribution is 2.29. The van der Waals surface area contributed by atoms with Crippen LogP contribution in [0.15, 0.2) is 61.7 Å². The Bertz CT molecular complexity index is 1760. The quantitative estimate of drug-likeness (QED) is 0.0559. The van der Waals surface area contributed by atoms with Crippen LogP contribution in [-0.2, 0) is 28.9 Å². The second-order valence-corrected chi connectivity index (χ2v) is 14.7. The lowest BCUT2D eigenvalue weighted by molar-refractivity contribution is -0.138. The maximum Gasteiger partial charge on any atom is 0.303 e. The van der Waals surface area contributed by atoms with E-state index in [-0.39, 0.29) is 24.7 Å². The molecule has 0 spiro atoms. The largest absolute Gasteiger partial charge is 0.481 e. The van der Waals surface area contributed by atoms with Gasteiger partial charge in [-0.25, -0.2) is 29.9 Å². The molecule has 13 nitrogen and oxygen atoms in total. The van der Waals surface area contributed by atoms with Gasteiger partial charge in [-0.3, -0.25) is 9.59 Å². The maximum absolute atomic E-state index is 11.1. The number of carbonyl (C=O) groups is 2. The Hall–Kier alpha value is -5.04. The normalized spacial score (nSPS) is 15.5. The number of nitrogens with one attached hydrogen (secondary N) is 2. The summed E-state index contributed by atoms with van der Waals surface area (Å²) in [6, 6.07) is 8.35. The predicted octanol–water partition coefficient (Wildman–Crippen LogP) is 7.45. The SMILES string of the molecule is O=C(O)C[C@H](CCCCCCc1ccc2c(n1)NCCC2)c1cncnc1.O=C(O)C[C@H](CCCCCCc1ccc2c(n1)NCCC2O)c1cncnc1. The van der Waals surface area contributed by atoms with Crippen LogP contribution >= 0.6 is 0 Å². The Kier molecular flexibility index (Phi) is 16.7. The van der Waals surface area contributed by atoms with Crippen LogP contribution in [0.5, 0.6) is 0 Å². The molecule has 0 fully saturated rings. The molecule has 3 atom stereocenters. The van der Waals surface area contributed by atoms with E-state index in [0.717, 1.165) is 143 Å². The summed E-state index contributed by atoms with van der Waals surface area (Å²) in [5.41, 5.74) is 6.26. The number of aliphatic hydroxyl groups is 1. The summed E-state index contributed by atoms with van der Waals surface area (Å²) in [5.74, 6) is 0.302. The van der Waals surface area contributed by atoms with Gasteiger partial charge in [-0.05, 0) is 98.4 Å². The third kappa shape index (κ3) is 14.0. The van der Waals surface area contributed by atoms with Crippen molar-refractivity contribution in [1.29, 1.82) is 0 Å². The summed E-state index contributed by atoms with van der Waals surface area (Å²) in [4.78, 5) is 47.7. The second-order valence-electron chi connectivity index (χ2n) is 14.7. The number of aliphatic hydroxyl groups excluding tert-OH is 1. The predicted molar refractivity (Wildman–Crippen MR) is 211 cm³/mol. The van der Waals surface area contributed by atoms with Crippen molar-refractivity contribution in [3.8, 4) is 0 Å². The number of unbranched alkanes of at least 4 members (excludes halogenated alkanes) is 6. The van der Waals surface area contributed by atoms with Crippen LogP contribution in [0.1, 0.15) is 141 Å². The van der Waals surface area contributed by atoms with E-state index in [4.69, 9.17) is 15.2 Å². The van der Waals surface area contributed by atoms with Crippen molar-refractivity contribution < 1.29 is 24.9 Å². The lowest BCUT2D eigenvalue weighted by Crippen LogP contribution is -2.18. The molecule has 0 saturated heterocycles. The summed E-state index contributed by atoms with van der Waals surface area (Å²) in [5, 5.41) is 34.9. The Morgan fingerprint density at radius 1 is 0.655 bits per heavy atom. The van der Waals surface area contributed by atoms with Crippen LogP contribution < -0.4 is 10.6 Å². The number of aryl methyl sites for hydroxylation is 3. The molecule has 1 unspecified atom stereocenters. The average molecular weight is 753 g/mol. The number of aromatic nitrogens is 6. The van der Waals surface area contributed by atoms with Gasteiger partial charge >= 0.3 is 11.9 Å². The first kappa shape index (κ1) is 41.1. The van der Waals surface area contributed by atoms with Crippen LogP contribution in [0, 0.1) is 0 Å². The third-order valence-corrected chi connectivity index (χ3v) is 10.4. The number of carboxylic acid groups (broad SMARTS) is 2. The number of nitrogens with zero attached hydrogens (tertiary/aromatic N) is 6. The number of carboxylic acids is 2. The molecule has 0 saturated carbocycles. The van der Waals surface area contributed by atoms with Gasteiger partial charge in [-0.2, -0.15) is 0 Å². The molecule has 4 aromatic heterocycles. The molecule has 0 amide bonds. The highest BCUT2D eigenvalue weighted by Gasteiger charge is 2.20. The molecule has 2 aliphatic heterocycles. The molecule has 0 aromatic carbocycles. The lowest BCUT2D eigenvalue weighted by atomic mass is 9.92. The van der Waals surface area contributed by atoms with Crippen molar-refractivity contribution >= 4 is 23.6 Å². The van der Waals surface area contributed by atoms with Crippen LogP contribution in [0.4, 0.5) is 11.6 Å². The molecule has 0 radical (unpaired) electrons. The van der Waals surface area contributed by atoms with Gasteiger partial charge in [0.2, 0.25) is 0 Å². The van der Waals surface area contributed by atoms with Gasteiger partial charge < -0.3 is 26.0 Å². The van der Waals surface area contributed by atoms with Crippen molar-refractivity contribution in [3.05, 3.63) is 95.3 Å². The van der Waals surface area contributed by atoms with E-state index in [1.165, 1.54) is 24.6 Å². The van der Waals surface area contributed by atoms with E-state index < -0.39 is 18.0 Å². The molecule has 6 heterocycles. The molecule has 13 heteroatoms. The summed E-state index contributed by atoms with van der Waals surface area (Å²) in [7, 11) is 0. The minimum atomic E-state index is -0.786. The van der Waals surface area contributed by atoms with E-state index in [9.17, 15) is 14.7 Å². The molecular formula is C42H56N8O5. The highest BCUT2D eigenvalue weighted by atomic mass is 16.4. The third-order valence-electron chi connectivity index (χ3n) is 10.4. The smallest absolute Gasteiger partial charge is 0.303 e. The first-order valence-electron chi connectivity index (χ1n) is 19.9. The Labute approximate surface area is 323 Å². The first-order valence-corrected chi connectivity index (χ1v) is 19.9. The number of fused-ring (bicyclic) bond motifs is 2. The van der Waals surface area contributed by atoms with Crippen LogP contribution in [0.25, 0.3) is 0 Å². The molecular weight excluding hydrogens is 697 g/mol. The van der Waals surface area contributed by atoms with E-state index >= 15 is 0 Å². The molecule has 2 aliphatic rings. The van der Waals surface area contributed by atoms with E-state index in [2.05, 4.69) is 47.7 Å². The summed E-state index contributed by atoms with van der Waals surface area (Å²) >= 11 is 0. The summed E-state index contributed by atoms with van der Waals surface area (Å²) < 4.78 is 0. The van der Waals surface area contributed by atoms with Crippen molar-refractivity contribution in [2.24, 2.45) is 0 Å². The molecule has 4 aromatic rings.